The van der Waals surface area contributed by atoms with Crippen LogP contribution in [0.3, 0.4) is 0 Å². The molecule has 1 aliphatic rings. The Kier molecular flexibility index (Phi) is 3.35. The molecule has 1 fully saturated rings. The van der Waals surface area contributed by atoms with Gasteiger partial charge in [-0.05, 0) is 24.6 Å². The Bertz CT molecular complexity index is 666. The highest BCUT2D eigenvalue weighted by Crippen LogP contribution is 2.20. The van der Waals surface area contributed by atoms with Crippen molar-refractivity contribution >= 4 is 34.7 Å². The van der Waals surface area contributed by atoms with Crippen LogP contribution in [-0.2, 0) is 4.79 Å². The summed E-state index contributed by atoms with van der Waals surface area (Å²) >= 11 is 1.50. The monoisotopic (exact) mass is 290 g/mol. The zero-order valence-corrected chi connectivity index (χ0v) is 11.8. The van der Waals surface area contributed by atoms with Gasteiger partial charge in [0.2, 0.25) is 5.91 Å². The van der Waals surface area contributed by atoms with Gasteiger partial charge in [0.05, 0.1) is 17.6 Å². The van der Waals surface area contributed by atoms with Crippen molar-refractivity contribution in [3.8, 4) is 0 Å². The van der Waals surface area contributed by atoms with Crippen molar-refractivity contribution < 1.29 is 9.59 Å². The van der Waals surface area contributed by atoms with E-state index in [1.807, 2.05) is 25.1 Å². The number of thioether (sulfide) groups is 1. The fourth-order valence-corrected chi connectivity index (χ4v) is 2.90. The number of H-pyrrole nitrogens is 1. The first-order chi connectivity index (χ1) is 9.63. The van der Waals surface area contributed by atoms with Gasteiger partial charge >= 0.3 is 6.03 Å². The molecule has 1 aromatic carbocycles. The SMILES string of the molecule is Cc1ccc2nc(SCCN3C(=O)CNC3=O)[nH]c2c1. The summed E-state index contributed by atoms with van der Waals surface area (Å²) in [7, 11) is 0. The molecule has 0 spiro atoms. The lowest BCUT2D eigenvalue weighted by atomic mass is 10.2. The van der Waals surface area contributed by atoms with E-state index in [9.17, 15) is 9.59 Å². The van der Waals surface area contributed by atoms with Gasteiger partial charge in [-0.1, -0.05) is 17.8 Å². The number of hydrogen-bond acceptors (Lipinski definition) is 4. The summed E-state index contributed by atoms with van der Waals surface area (Å²) < 4.78 is 0. The number of urea groups is 1. The summed E-state index contributed by atoms with van der Waals surface area (Å²) in [5.74, 6) is 0.452. The van der Waals surface area contributed by atoms with Crippen molar-refractivity contribution in [2.75, 3.05) is 18.8 Å². The summed E-state index contributed by atoms with van der Waals surface area (Å²) in [6, 6.07) is 5.73. The molecular weight excluding hydrogens is 276 g/mol. The number of imide groups is 1. The summed E-state index contributed by atoms with van der Waals surface area (Å²) in [6.07, 6.45) is 0. The first-order valence-electron chi connectivity index (χ1n) is 6.31. The largest absolute Gasteiger partial charge is 0.333 e. The molecule has 0 saturated carbocycles. The molecule has 6 nitrogen and oxygen atoms in total. The molecule has 0 atom stereocenters. The first-order valence-corrected chi connectivity index (χ1v) is 7.29. The standard InChI is InChI=1S/C13H14N4O2S/c1-8-2-3-9-10(6-8)16-12(15-9)20-5-4-17-11(18)7-14-13(17)19/h2-3,6H,4-5,7H2,1H3,(H,14,19)(H,15,16). The molecule has 3 amide bonds. The van der Waals surface area contributed by atoms with Gasteiger partial charge < -0.3 is 10.3 Å². The maximum absolute atomic E-state index is 11.4. The van der Waals surface area contributed by atoms with Gasteiger partial charge in [-0.2, -0.15) is 0 Å². The number of fused-ring (bicyclic) bond motifs is 1. The Hall–Kier alpha value is -2.02. The molecule has 0 bridgehead atoms. The highest BCUT2D eigenvalue weighted by atomic mass is 32.2. The molecule has 1 saturated heterocycles. The highest BCUT2D eigenvalue weighted by molar-refractivity contribution is 7.99. The quantitative estimate of drug-likeness (QED) is 0.661. The molecule has 2 heterocycles. The number of hydrogen-bond donors (Lipinski definition) is 2. The van der Waals surface area contributed by atoms with Gasteiger partial charge in [-0.15, -0.1) is 0 Å². The predicted octanol–water partition coefficient (Wildman–Crippen LogP) is 1.52. The fraction of sp³-hybridized carbons (Fsp3) is 0.308. The fourth-order valence-electron chi connectivity index (χ4n) is 2.08. The van der Waals surface area contributed by atoms with E-state index >= 15 is 0 Å². The summed E-state index contributed by atoms with van der Waals surface area (Å²) in [6.45, 7) is 2.53. The van der Waals surface area contributed by atoms with E-state index in [4.69, 9.17) is 0 Å². The van der Waals surface area contributed by atoms with E-state index in [1.165, 1.54) is 22.2 Å². The molecule has 2 aromatic rings. The van der Waals surface area contributed by atoms with E-state index in [-0.39, 0.29) is 18.5 Å². The third-order valence-electron chi connectivity index (χ3n) is 3.11. The molecule has 7 heteroatoms. The minimum absolute atomic E-state index is 0.105. The minimum Gasteiger partial charge on any atom is -0.333 e. The molecule has 0 aliphatic carbocycles. The molecular formula is C13H14N4O2S. The van der Waals surface area contributed by atoms with E-state index in [0.717, 1.165) is 16.2 Å². The molecule has 0 unspecified atom stereocenters. The second kappa shape index (κ2) is 5.16. The zero-order valence-electron chi connectivity index (χ0n) is 11.0. The summed E-state index contributed by atoms with van der Waals surface area (Å²) in [5.41, 5.74) is 3.10. The average Bonchev–Trinajstić information content (AvgIpc) is 2.95. The van der Waals surface area contributed by atoms with E-state index in [0.29, 0.717) is 12.3 Å². The Morgan fingerprint density at radius 1 is 1.40 bits per heavy atom. The van der Waals surface area contributed by atoms with Crippen molar-refractivity contribution in [2.45, 2.75) is 12.1 Å². The Balaban J connectivity index is 1.62. The maximum atomic E-state index is 11.4. The molecule has 20 heavy (non-hydrogen) atoms. The molecule has 3 rings (SSSR count). The number of aryl methyl sites for hydroxylation is 1. The number of carbonyl (C=O) groups is 2. The van der Waals surface area contributed by atoms with E-state index < -0.39 is 0 Å². The predicted molar refractivity (Wildman–Crippen MR) is 76.7 cm³/mol. The van der Waals surface area contributed by atoms with Gasteiger partial charge in [-0.3, -0.25) is 9.69 Å². The average molecular weight is 290 g/mol. The number of imidazole rings is 1. The topological polar surface area (TPSA) is 78.1 Å². The van der Waals surface area contributed by atoms with Gasteiger partial charge in [0.25, 0.3) is 0 Å². The first kappa shape index (κ1) is 13.0. The van der Waals surface area contributed by atoms with Crippen LogP contribution < -0.4 is 5.32 Å². The second-order valence-electron chi connectivity index (χ2n) is 4.62. The summed E-state index contributed by atoms with van der Waals surface area (Å²) in [5, 5.41) is 3.30. The maximum Gasteiger partial charge on any atom is 0.324 e. The third kappa shape index (κ3) is 2.49. The van der Waals surface area contributed by atoms with Crippen LogP contribution in [0.15, 0.2) is 23.4 Å². The molecule has 2 N–H and O–H groups in total. The van der Waals surface area contributed by atoms with Crippen molar-refractivity contribution in [3.05, 3.63) is 23.8 Å². The molecule has 104 valence electrons. The van der Waals surface area contributed by atoms with Gasteiger partial charge in [-0.25, -0.2) is 9.78 Å². The van der Waals surface area contributed by atoms with Gasteiger partial charge in [0.15, 0.2) is 5.16 Å². The van der Waals surface area contributed by atoms with Crippen molar-refractivity contribution in [2.24, 2.45) is 0 Å². The number of nitrogens with one attached hydrogen (secondary N) is 2. The number of benzene rings is 1. The van der Waals surface area contributed by atoms with Crippen LogP contribution in [0.4, 0.5) is 4.79 Å². The van der Waals surface area contributed by atoms with Crippen molar-refractivity contribution in [1.29, 1.82) is 0 Å². The van der Waals surface area contributed by atoms with Crippen molar-refractivity contribution in [1.82, 2.24) is 20.2 Å². The minimum atomic E-state index is -0.309. The van der Waals surface area contributed by atoms with E-state index in [1.54, 1.807) is 0 Å². The van der Waals surface area contributed by atoms with Gasteiger partial charge in [0, 0.05) is 12.3 Å². The lowest BCUT2D eigenvalue weighted by Gasteiger charge is -2.10. The second-order valence-corrected chi connectivity index (χ2v) is 5.70. The zero-order chi connectivity index (χ0) is 14.1. The Morgan fingerprint density at radius 2 is 2.25 bits per heavy atom. The van der Waals surface area contributed by atoms with Crippen LogP contribution in [0, 0.1) is 6.92 Å². The Labute approximate surface area is 119 Å². The van der Waals surface area contributed by atoms with Crippen molar-refractivity contribution in [3.63, 3.8) is 0 Å². The number of aromatic amines is 1. The van der Waals surface area contributed by atoms with Crippen LogP contribution >= 0.6 is 11.8 Å². The highest BCUT2D eigenvalue weighted by Gasteiger charge is 2.27. The van der Waals surface area contributed by atoms with Crippen LogP contribution in [-0.4, -0.2) is 45.6 Å². The Morgan fingerprint density at radius 3 is 3.00 bits per heavy atom. The lowest BCUT2D eigenvalue weighted by Crippen LogP contribution is -2.32. The number of nitrogens with zero attached hydrogens (tertiary/aromatic N) is 2. The summed E-state index contributed by atoms with van der Waals surface area (Å²) in [4.78, 5) is 31.7. The van der Waals surface area contributed by atoms with Crippen LogP contribution in [0.1, 0.15) is 5.56 Å². The number of amides is 3. The van der Waals surface area contributed by atoms with Gasteiger partial charge in [0.1, 0.15) is 0 Å². The van der Waals surface area contributed by atoms with E-state index in [2.05, 4.69) is 15.3 Å². The van der Waals surface area contributed by atoms with Crippen LogP contribution in [0.5, 0.6) is 0 Å². The smallest absolute Gasteiger partial charge is 0.324 e. The van der Waals surface area contributed by atoms with Crippen LogP contribution in [0.2, 0.25) is 0 Å². The number of rotatable bonds is 4. The number of carbonyl (C=O) groups excluding carboxylic acids is 2. The normalized spacial score (nSPS) is 15.2. The third-order valence-corrected chi connectivity index (χ3v) is 3.96. The molecule has 1 aliphatic heterocycles. The molecule has 0 radical (unpaired) electrons. The molecule has 1 aromatic heterocycles. The number of aromatic nitrogens is 2. The van der Waals surface area contributed by atoms with Crippen LogP contribution in [0.25, 0.3) is 11.0 Å². The lowest BCUT2D eigenvalue weighted by molar-refractivity contribution is -0.124.